The molecule has 0 spiro atoms. The third-order valence-electron chi connectivity index (χ3n) is 5.73. The monoisotopic (exact) mass is 526 g/mol. The van der Waals surface area contributed by atoms with Gasteiger partial charge in [-0.3, -0.25) is 14.4 Å². The van der Waals surface area contributed by atoms with Crippen LogP contribution in [0.4, 0.5) is 4.79 Å². The second-order valence-corrected chi connectivity index (χ2v) is 10.5. The molecule has 0 aliphatic carbocycles. The van der Waals surface area contributed by atoms with Gasteiger partial charge in [0.15, 0.2) is 0 Å². The number of carbonyl (C=O) groups excluding carboxylic acids is 1. The summed E-state index contributed by atoms with van der Waals surface area (Å²) in [6, 6.07) is 11.3. The summed E-state index contributed by atoms with van der Waals surface area (Å²) < 4.78 is 2.67. The van der Waals surface area contributed by atoms with Crippen molar-refractivity contribution in [3.05, 3.63) is 75.5 Å². The van der Waals surface area contributed by atoms with E-state index in [1.165, 1.54) is 4.90 Å². The maximum atomic E-state index is 13.2. The SMILES string of the molecule is Cc1ccc(CN(C(=O)O)C(C)(C)C)cc1C(=O)NC(C)c1cc(Br)cc(-c2cnn(C)c2)c1. The Hall–Kier alpha value is -3.13. The number of aromatic nitrogens is 2. The molecule has 1 heterocycles. The van der Waals surface area contributed by atoms with Gasteiger partial charge >= 0.3 is 6.09 Å². The Morgan fingerprint density at radius 1 is 1.18 bits per heavy atom. The number of rotatable bonds is 6. The molecule has 3 aromatic rings. The lowest BCUT2D eigenvalue weighted by Crippen LogP contribution is -2.44. The number of hydrogen-bond acceptors (Lipinski definition) is 3. The van der Waals surface area contributed by atoms with Crippen molar-refractivity contribution in [1.82, 2.24) is 20.0 Å². The van der Waals surface area contributed by atoms with E-state index in [-0.39, 0.29) is 18.5 Å². The quantitative estimate of drug-likeness (QED) is 0.416. The minimum atomic E-state index is -0.994. The number of carboxylic acid groups (broad SMARTS) is 1. The molecule has 0 radical (unpaired) electrons. The van der Waals surface area contributed by atoms with Gasteiger partial charge in [-0.15, -0.1) is 0 Å². The van der Waals surface area contributed by atoms with E-state index in [1.807, 2.05) is 84.4 Å². The Morgan fingerprint density at radius 2 is 1.88 bits per heavy atom. The first-order valence-corrected chi connectivity index (χ1v) is 11.8. The number of halogens is 1. The maximum Gasteiger partial charge on any atom is 0.408 e. The normalized spacial score (nSPS) is 12.3. The first-order chi connectivity index (χ1) is 15.8. The predicted octanol–water partition coefficient (Wildman–Crippen LogP) is 5.93. The molecule has 8 heteroatoms. The second-order valence-electron chi connectivity index (χ2n) is 9.56. The average molecular weight is 527 g/mol. The van der Waals surface area contributed by atoms with Gasteiger partial charge in [-0.2, -0.15) is 5.10 Å². The van der Waals surface area contributed by atoms with Crippen LogP contribution in [0.15, 0.2) is 53.3 Å². The number of benzene rings is 2. The smallest absolute Gasteiger partial charge is 0.408 e. The summed E-state index contributed by atoms with van der Waals surface area (Å²) in [6.45, 7) is 9.57. The summed E-state index contributed by atoms with van der Waals surface area (Å²) in [5.74, 6) is -0.201. The van der Waals surface area contributed by atoms with Crippen molar-refractivity contribution in [2.24, 2.45) is 7.05 Å². The van der Waals surface area contributed by atoms with Crippen molar-refractivity contribution < 1.29 is 14.7 Å². The Bertz CT molecular complexity index is 1210. The number of amides is 2. The van der Waals surface area contributed by atoms with Crippen LogP contribution in [-0.4, -0.2) is 37.3 Å². The second kappa shape index (κ2) is 10.0. The van der Waals surface area contributed by atoms with Crippen LogP contribution in [0.3, 0.4) is 0 Å². The van der Waals surface area contributed by atoms with Crippen molar-refractivity contribution in [1.29, 1.82) is 0 Å². The molecule has 0 saturated heterocycles. The van der Waals surface area contributed by atoms with Crippen molar-refractivity contribution in [2.45, 2.75) is 52.7 Å². The summed E-state index contributed by atoms with van der Waals surface area (Å²) in [7, 11) is 1.87. The lowest BCUT2D eigenvalue weighted by molar-refractivity contribution is 0.0939. The van der Waals surface area contributed by atoms with Crippen LogP contribution in [0.25, 0.3) is 11.1 Å². The van der Waals surface area contributed by atoms with Gasteiger partial charge in [0.1, 0.15) is 0 Å². The zero-order valence-electron chi connectivity index (χ0n) is 20.4. The third-order valence-corrected chi connectivity index (χ3v) is 6.19. The highest BCUT2D eigenvalue weighted by Crippen LogP contribution is 2.28. The van der Waals surface area contributed by atoms with Gasteiger partial charge < -0.3 is 10.4 Å². The van der Waals surface area contributed by atoms with E-state index in [0.29, 0.717) is 5.56 Å². The van der Waals surface area contributed by atoms with E-state index < -0.39 is 11.6 Å². The van der Waals surface area contributed by atoms with Crippen LogP contribution in [0.5, 0.6) is 0 Å². The predicted molar refractivity (Wildman–Crippen MR) is 137 cm³/mol. The van der Waals surface area contributed by atoms with Gasteiger partial charge in [-0.25, -0.2) is 4.79 Å². The van der Waals surface area contributed by atoms with Crippen molar-refractivity contribution in [3.63, 3.8) is 0 Å². The van der Waals surface area contributed by atoms with E-state index in [2.05, 4.69) is 26.3 Å². The van der Waals surface area contributed by atoms with Crippen LogP contribution < -0.4 is 5.32 Å². The fourth-order valence-electron chi connectivity index (χ4n) is 3.74. The topological polar surface area (TPSA) is 87.5 Å². The highest BCUT2D eigenvalue weighted by atomic mass is 79.9. The maximum absolute atomic E-state index is 13.2. The van der Waals surface area contributed by atoms with Crippen molar-refractivity contribution >= 4 is 27.9 Å². The molecule has 34 heavy (non-hydrogen) atoms. The number of nitrogens with one attached hydrogen (secondary N) is 1. The summed E-state index contributed by atoms with van der Waals surface area (Å²) >= 11 is 3.58. The molecule has 1 aromatic heterocycles. The molecule has 2 aromatic carbocycles. The number of hydrogen-bond donors (Lipinski definition) is 2. The highest BCUT2D eigenvalue weighted by molar-refractivity contribution is 9.10. The Balaban J connectivity index is 1.82. The molecule has 0 saturated carbocycles. The lowest BCUT2D eigenvalue weighted by atomic mass is 10.00. The average Bonchev–Trinajstić information content (AvgIpc) is 3.17. The van der Waals surface area contributed by atoms with E-state index in [9.17, 15) is 14.7 Å². The molecule has 2 N–H and O–H groups in total. The Kier molecular flexibility index (Phi) is 7.51. The van der Waals surface area contributed by atoms with E-state index in [0.717, 1.165) is 32.3 Å². The lowest BCUT2D eigenvalue weighted by Gasteiger charge is -2.33. The van der Waals surface area contributed by atoms with E-state index in [1.54, 1.807) is 10.7 Å². The van der Waals surface area contributed by atoms with Gasteiger partial charge in [0.25, 0.3) is 5.91 Å². The van der Waals surface area contributed by atoms with Crippen LogP contribution in [0.2, 0.25) is 0 Å². The molecule has 0 aliphatic heterocycles. The summed E-state index contributed by atoms with van der Waals surface area (Å²) in [5, 5.41) is 16.9. The van der Waals surface area contributed by atoms with Gasteiger partial charge in [0, 0.05) is 40.9 Å². The standard InChI is InChI=1S/C26H31BrN4O3/c1-16-7-8-18(14-31(25(33)34)26(3,4)5)9-23(16)24(32)29-17(2)19-10-20(12-22(27)11-19)21-13-28-30(6)15-21/h7-13,15,17H,14H2,1-6H3,(H,29,32)(H,33,34). The third kappa shape index (κ3) is 6.05. The molecule has 1 atom stereocenters. The molecule has 3 rings (SSSR count). The Morgan fingerprint density at radius 3 is 2.47 bits per heavy atom. The van der Waals surface area contributed by atoms with Crippen molar-refractivity contribution in [2.75, 3.05) is 0 Å². The zero-order chi connectivity index (χ0) is 25.2. The summed E-state index contributed by atoms with van der Waals surface area (Å²) in [6.07, 6.45) is 2.76. The minimum Gasteiger partial charge on any atom is -0.465 e. The zero-order valence-corrected chi connectivity index (χ0v) is 22.0. The van der Waals surface area contributed by atoms with Crippen LogP contribution in [0, 0.1) is 6.92 Å². The summed E-state index contributed by atoms with van der Waals surface area (Å²) in [5.41, 5.74) is 4.53. The highest BCUT2D eigenvalue weighted by Gasteiger charge is 2.26. The number of nitrogens with zero attached hydrogens (tertiary/aromatic N) is 3. The first kappa shape index (κ1) is 25.5. The fourth-order valence-corrected chi connectivity index (χ4v) is 4.25. The van der Waals surface area contributed by atoms with Crippen LogP contribution >= 0.6 is 15.9 Å². The van der Waals surface area contributed by atoms with Crippen LogP contribution in [-0.2, 0) is 13.6 Å². The van der Waals surface area contributed by atoms with Crippen LogP contribution in [0.1, 0.15) is 60.8 Å². The molecule has 0 fully saturated rings. The first-order valence-electron chi connectivity index (χ1n) is 11.1. The van der Waals surface area contributed by atoms with E-state index in [4.69, 9.17) is 0 Å². The fraction of sp³-hybridized carbons (Fsp3) is 0.346. The molecule has 0 aliphatic rings. The largest absolute Gasteiger partial charge is 0.465 e. The van der Waals surface area contributed by atoms with E-state index >= 15 is 0 Å². The molecular formula is C26H31BrN4O3. The molecule has 0 bridgehead atoms. The summed E-state index contributed by atoms with van der Waals surface area (Å²) in [4.78, 5) is 26.3. The molecular weight excluding hydrogens is 496 g/mol. The molecule has 2 amide bonds. The Labute approximate surface area is 208 Å². The minimum absolute atomic E-state index is 0.201. The van der Waals surface area contributed by atoms with Gasteiger partial charge in [-0.1, -0.05) is 28.1 Å². The van der Waals surface area contributed by atoms with Gasteiger partial charge in [0.05, 0.1) is 12.2 Å². The molecule has 180 valence electrons. The molecule has 7 nitrogen and oxygen atoms in total. The molecule has 1 unspecified atom stereocenters. The van der Waals surface area contributed by atoms with Crippen molar-refractivity contribution in [3.8, 4) is 11.1 Å². The van der Waals surface area contributed by atoms with Gasteiger partial charge in [0.2, 0.25) is 0 Å². The van der Waals surface area contributed by atoms with Gasteiger partial charge in [-0.05, 0) is 81.1 Å². The number of carbonyl (C=O) groups is 2. The number of aryl methyl sites for hydroxylation is 2.